The van der Waals surface area contributed by atoms with Gasteiger partial charge in [-0.3, -0.25) is 14.5 Å². The number of hydrogen-bond donors (Lipinski definition) is 1. The van der Waals surface area contributed by atoms with Crippen molar-refractivity contribution in [2.75, 3.05) is 45.9 Å². The summed E-state index contributed by atoms with van der Waals surface area (Å²) < 4.78 is 5.38. The molecule has 7 nitrogen and oxygen atoms in total. The number of thiazole rings is 1. The van der Waals surface area contributed by atoms with Gasteiger partial charge in [0.1, 0.15) is 0 Å². The van der Waals surface area contributed by atoms with Crippen LogP contribution in [0.4, 0.5) is 0 Å². The van der Waals surface area contributed by atoms with E-state index >= 15 is 0 Å². The third kappa shape index (κ3) is 6.35. The Labute approximate surface area is 187 Å². The van der Waals surface area contributed by atoms with Crippen molar-refractivity contribution in [2.24, 2.45) is 5.92 Å². The van der Waals surface area contributed by atoms with Gasteiger partial charge >= 0.3 is 0 Å². The van der Waals surface area contributed by atoms with Gasteiger partial charge < -0.3 is 15.0 Å². The molecule has 3 heterocycles. The Morgan fingerprint density at radius 1 is 1.19 bits per heavy atom. The molecule has 1 aromatic heterocycles. The van der Waals surface area contributed by atoms with Crippen molar-refractivity contribution in [3.8, 4) is 0 Å². The van der Waals surface area contributed by atoms with Crippen molar-refractivity contribution >= 4 is 23.2 Å². The molecule has 166 valence electrons. The summed E-state index contributed by atoms with van der Waals surface area (Å²) in [4.78, 5) is 33.9. The number of nitrogens with one attached hydrogen (secondary N) is 1. The van der Waals surface area contributed by atoms with Crippen LogP contribution in [0.2, 0.25) is 0 Å². The minimum atomic E-state index is -0.148. The molecule has 0 radical (unpaired) electrons. The lowest BCUT2D eigenvalue weighted by Crippen LogP contribution is -2.49. The highest BCUT2D eigenvalue weighted by molar-refractivity contribution is 7.09. The maximum Gasteiger partial charge on any atom is 0.225 e. The van der Waals surface area contributed by atoms with Gasteiger partial charge in [-0.2, -0.15) is 0 Å². The van der Waals surface area contributed by atoms with E-state index in [1.165, 1.54) is 5.56 Å². The smallest absolute Gasteiger partial charge is 0.225 e. The average molecular weight is 443 g/mol. The Bertz CT molecular complexity index is 867. The Morgan fingerprint density at radius 2 is 2.00 bits per heavy atom. The molecule has 1 atom stereocenters. The minimum Gasteiger partial charge on any atom is -0.379 e. The fourth-order valence-corrected chi connectivity index (χ4v) is 4.86. The Balaban J connectivity index is 1.23. The highest BCUT2D eigenvalue weighted by atomic mass is 32.1. The van der Waals surface area contributed by atoms with E-state index in [4.69, 9.17) is 4.74 Å². The van der Waals surface area contributed by atoms with E-state index in [-0.39, 0.29) is 17.7 Å². The molecule has 2 amide bonds. The number of piperidine rings is 1. The highest BCUT2D eigenvalue weighted by Crippen LogP contribution is 2.19. The highest BCUT2D eigenvalue weighted by Gasteiger charge is 2.30. The number of aromatic nitrogens is 1. The maximum absolute atomic E-state index is 12.7. The summed E-state index contributed by atoms with van der Waals surface area (Å²) in [5.74, 6) is 0.0219. The molecule has 1 unspecified atom stereocenters. The summed E-state index contributed by atoms with van der Waals surface area (Å²) in [7, 11) is 0. The standard InChI is InChI=1S/C23H30N4O3S/c28-22-7-6-19(16-27(22)9-8-26-10-12-30-13-11-26)23(29)24-15-20-17-31-21(25-20)14-18-4-2-1-3-5-18/h1-5,17,19H,6-16H2,(H,24,29). The van der Waals surface area contributed by atoms with Gasteiger partial charge in [-0.05, 0) is 12.0 Å². The molecule has 0 bridgehead atoms. The van der Waals surface area contributed by atoms with Gasteiger partial charge in [0.25, 0.3) is 0 Å². The van der Waals surface area contributed by atoms with Gasteiger partial charge in [0.2, 0.25) is 11.8 Å². The van der Waals surface area contributed by atoms with Gasteiger partial charge in [0, 0.05) is 50.9 Å². The number of likely N-dealkylation sites (tertiary alicyclic amines) is 1. The van der Waals surface area contributed by atoms with Crippen LogP contribution in [0.3, 0.4) is 0 Å². The summed E-state index contributed by atoms with van der Waals surface area (Å²) in [6.45, 7) is 5.78. The topological polar surface area (TPSA) is 74.8 Å². The predicted molar refractivity (Wildman–Crippen MR) is 120 cm³/mol. The summed E-state index contributed by atoms with van der Waals surface area (Å²) >= 11 is 1.62. The van der Waals surface area contributed by atoms with Crippen LogP contribution in [0.25, 0.3) is 0 Å². The monoisotopic (exact) mass is 442 g/mol. The van der Waals surface area contributed by atoms with Gasteiger partial charge in [-0.1, -0.05) is 30.3 Å². The predicted octanol–water partition coefficient (Wildman–Crippen LogP) is 1.92. The molecule has 2 saturated heterocycles. The van der Waals surface area contributed by atoms with E-state index in [0.717, 1.165) is 50.0 Å². The van der Waals surface area contributed by atoms with Crippen LogP contribution >= 0.6 is 11.3 Å². The molecule has 0 saturated carbocycles. The number of carbonyl (C=O) groups is 2. The Hall–Kier alpha value is -2.29. The zero-order valence-corrected chi connectivity index (χ0v) is 18.6. The maximum atomic E-state index is 12.7. The molecule has 2 aliphatic heterocycles. The minimum absolute atomic E-state index is 0.0153. The molecule has 4 rings (SSSR count). The third-order valence-electron chi connectivity index (χ3n) is 5.90. The molecule has 31 heavy (non-hydrogen) atoms. The van der Waals surface area contributed by atoms with Crippen LogP contribution in [0, 0.1) is 5.92 Å². The van der Waals surface area contributed by atoms with E-state index in [1.54, 1.807) is 11.3 Å². The van der Waals surface area contributed by atoms with E-state index < -0.39 is 0 Å². The van der Waals surface area contributed by atoms with Crippen LogP contribution in [0.5, 0.6) is 0 Å². The van der Waals surface area contributed by atoms with Gasteiger partial charge in [-0.25, -0.2) is 4.98 Å². The molecule has 2 fully saturated rings. The van der Waals surface area contributed by atoms with E-state index in [2.05, 4.69) is 27.3 Å². The number of amides is 2. The number of nitrogens with zero attached hydrogens (tertiary/aromatic N) is 3. The first kappa shape index (κ1) is 21.9. The van der Waals surface area contributed by atoms with Gasteiger partial charge in [-0.15, -0.1) is 11.3 Å². The molecule has 8 heteroatoms. The number of hydrogen-bond acceptors (Lipinski definition) is 6. The van der Waals surface area contributed by atoms with Crippen LogP contribution in [0.15, 0.2) is 35.7 Å². The second-order valence-corrected chi connectivity index (χ2v) is 9.08. The lowest BCUT2D eigenvalue weighted by molar-refractivity contribution is -0.138. The van der Waals surface area contributed by atoms with Crippen molar-refractivity contribution < 1.29 is 14.3 Å². The lowest BCUT2D eigenvalue weighted by Gasteiger charge is -2.34. The number of carbonyl (C=O) groups excluding carboxylic acids is 2. The largest absolute Gasteiger partial charge is 0.379 e. The zero-order chi connectivity index (χ0) is 21.5. The number of rotatable bonds is 8. The van der Waals surface area contributed by atoms with Crippen molar-refractivity contribution in [1.82, 2.24) is 20.1 Å². The van der Waals surface area contributed by atoms with E-state index in [9.17, 15) is 9.59 Å². The fourth-order valence-electron chi connectivity index (χ4n) is 4.04. The van der Waals surface area contributed by atoms with Crippen molar-refractivity contribution in [3.63, 3.8) is 0 Å². The van der Waals surface area contributed by atoms with Crippen LogP contribution < -0.4 is 5.32 Å². The average Bonchev–Trinajstić information content (AvgIpc) is 3.25. The number of ether oxygens (including phenoxy) is 1. The Morgan fingerprint density at radius 3 is 2.81 bits per heavy atom. The quantitative estimate of drug-likeness (QED) is 0.676. The normalized spacial score (nSPS) is 20.1. The van der Waals surface area contributed by atoms with E-state index in [0.29, 0.717) is 32.5 Å². The van der Waals surface area contributed by atoms with Crippen LogP contribution in [-0.2, 0) is 27.3 Å². The molecule has 2 aromatic rings. The first-order valence-electron chi connectivity index (χ1n) is 11.0. The van der Waals surface area contributed by atoms with Gasteiger partial charge in [0.15, 0.2) is 0 Å². The lowest BCUT2D eigenvalue weighted by atomic mass is 9.96. The first-order chi connectivity index (χ1) is 15.2. The molecular weight excluding hydrogens is 412 g/mol. The molecule has 1 N–H and O–H groups in total. The number of benzene rings is 1. The van der Waals surface area contributed by atoms with Crippen molar-refractivity contribution in [2.45, 2.75) is 25.8 Å². The van der Waals surface area contributed by atoms with E-state index in [1.807, 2.05) is 28.5 Å². The van der Waals surface area contributed by atoms with Crippen molar-refractivity contribution in [3.05, 3.63) is 52.0 Å². The molecule has 0 spiro atoms. The first-order valence-corrected chi connectivity index (χ1v) is 11.9. The van der Waals surface area contributed by atoms with Crippen LogP contribution in [0.1, 0.15) is 29.1 Å². The molecule has 2 aliphatic rings. The number of morpholine rings is 1. The summed E-state index contributed by atoms with van der Waals surface area (Å²) in [5, 5.41) is 6.09. The van der Waals surface area contributed by atoms with Crippen molar-refractivity contribution in [1.29, 1.82) is 0 Å². The van der Waals surface area contributed by atoms with Gasteiger partial charge in [0.05, 0.1) is 36.4 Å². The summed E-state index contributed by atoms with van der Waals surface area (Å²) in [6.07, 6.45) is 1.87. The van der Waals surface area contributed by atoms with Crippen LogP contribution in [-0.4, -0.2) is 72.5 Å². The molecule has 0 aliphatic carbocycles. The third-order valence-corrected chi connectivity index (χ3v) is 6.80. The molecule has 1 aromatic carbocycles. The zero-order valence-electron chi connectivity index (χ0n) is 17.8. The summed E-state index contributed by atoms with van der Waals surface area (Å²) in [6, 6.07) is 10.3. The second kappa shape index (κ2) is 10.8. The Kier molecular flexibility index (Phi) is 7.66. The fraction of sp³-hybridized carbons (Fsp3) is 0.522. The summed E-state index contributed by atoms with van der Waals surface area (Å²) in [5.41, 5.74) is 2.12. The SMILES string of the molecule is O=C(NCc1csc(Cc2ccccc2)n1)C1CCC(=O)N(CCN2CCOCC2)C1. The molecular formula is C23H30N4O3S. The second-order valence-electron chi connectivity index (χ2n) is 8.14.